The molecule has 0 spiro atoms. The van der Waals surface area contributed by atoms with Crippen molar-refractivity contribution in [3.8, 4) is 0 Å². The summed E-state index contributed by atoms with van der Waals surface area (Å²) in [5.41, 5.74) is 1.02. The van der Waals surface area contributed by atoms with Crippen LogP contribution in [0.5, 0.6) is 0 Å². The first kappa shape index (κ1) is 16.5. The van der Waals surface area contributed by atoms with Crippen molar-refractivity contribution in [2.24, 2.45) is 0 Å². The Kier molecular flexibility index (Phi) is 6.09. The zero-order valence-corrected chi connectivity index (χ0v) is 14.4. The number of rotatable bonds is 4. The number of hydrogen-bond acceptors (Lipinski definition) is 3. The molecule has 1 aliphatic heterocycles. The molecular weight excluding hydrogens is 313 g/mol. The predicted molar refractivity (Wildman–Crippen MR) is 90.7 cm³/mol. The van der Waals surface area contributed by atoms with Crippen LogP contribution in [0.3, 0.4) is 0 Å². The average Bonchev–Trinajstić information content (AvgIpc) is 2.41. The molecule has 2 rings (SSSR count). The van der Waals surface area contributed by atoms with E-state index in [0.717, 1.165) is 17.7 Å². The summed E-state index contributed by atoms with van der Waals surface area (Å²) in [7, 11) is 2.00. The zero-order valence-electron chi connectivity index (χ0n) is 12.0. The Balaban J connectivity index is 2.05. The number of thioether (sulfide) groups is 2. The zero-order chi connectivity index (χ0) is 14.7. The second kappa shape index (κ2) is 7.39. The Morgan fingerprint density at radius 3 is 2.75 bits per heavy atom. The molecule has 4 unspecified atom stereocenters. The second-order valence-corrected chi connectivity index (χ2v) is 8.69. The lowest BCUT2D eigenvalue weighted by atomic mass is 10.0. The fourth-order valence-corrected chi connectivity index (χ4v) is 5.78. The SMILES string of the molecule is CNC(Cc1ccc(F)cc1Cl)C1CSC(C)C(C)S1. The van der Waals surface area contributed by atoms with Gasteiger partial charge in [0.1, 0.15) is 5.82 Å². The van der Waals surface area contributed by atoms with Gasteiger partial charge in [0.2, 0.25) is 0 Å². The van der Waals surface area contributed by atoms with Crippen molar-refractivity contribution in [2.75, 3.05) is 12.8 Å². The minimum Gasteiger partial charge on any atom is -0.316 e. The Morgan fingerprint density at radius 1 is 1.40 bits per heavy atom. The molecule has 1 aliphatic rings. The van der Waals surface area contributed by atoms with Crippen molar-refractivity contribution in [3.63, 3.8) is 0 Å². The van der Waals surface area contributed by atoms with Crippen molar-refractivity contribution in [1.82, 2.24) is 5.32 Å². The van der Waals surface area contributed by atoms with Crippen molar-refractivity contribution in [3.05, 3.63) is 34.6 Å². The highest BCUT2D eigenvalue weighted by molar-refractivity contribution is 8.07. The third-order valence-electron chi connectivity index (χ3n) is 3.85. The van der Waals surface area contributed by atoms with E-state index in [-0.39, 0.29) is 5.82 Å². The van der Waals surface area contributed by atoms with Crippen molar-refractivity contribution < 1.29 is 4.39 Å². The van der Waals surface area contributed by atoms with Gasteiger partial charge in [-0.1, -0.05) is 31.5 Å². The van der Waals surface area contributed by atoms with Gasteiger partial charge in [0.05, 0.1) is 0 Å². The van der Waals surface area contributed by atoms with Gasteiger partial charge in [-0.15, -0.1) is 0 Å². The van der Waals surface area contributed by atoms with Gasteiger partial charge in [0.25, 0.3) is 0 Å². The lowest BCUT2D eigenvalue weighted by molar-refractivity contribution is 0.553. The molecule has 0 saturated carbocycles. The molecule has 1 heterocycles. The molecule has 0 radical (unpaired) electrons. The minimum absolute atomic E-state index is 0.273. The fraction of sp³-hybridized carbons (Fsp3) is 0.600. The highest BCUT2D eigenvalue weighted by Crippen LogP contribution is 2.37. The topological polar surface area (TPSA) is 12.0 Å². The number of nitrogens with one attached hydrogen (secondary N) is 1. The minimum atomic E-state index is -0.273. The highest BCUT2D eigenvalue weighted by atomic mass is 35.5. The summed E-state index contributed by atoms with van der Waals surface area (Å²) in [5.74, 6) is 0.880. The maximum atomic E-state index is 13.1. The van der Waals surface area contributed by atoms with E-state index in [1.807, 2.05) is 18.8 Å². The van der Waals surface area contributed by atoms with E-state index >= 15 is 0 Å². The van der Waals surface area contributed by atoms with Gasteiger partial charge in [0.15, 0.2) is 0 Å². The molecule has 112 valence electrons. The second-order valence-electron chi connectivity index (χ2n) is 5.25. The first-order valence-corrected chi connectivity index (χ1v) is 9.26. The van der Waals surface area contributed by atoms with E-state index in [4.69, 9.17) is 11.6 Å². The summed E-state index contributed by atoms with van der Waals surface area (Å²) < 4.78 is 13.1. The molecule has 0 bridgehead atoms. The molecule has 1 aromatic carbocycles. The van der Waals surface area contributed by atoms with Gasteiger partial charge < -0.3 is 5.32 Å². The molecule has 1 nitrogen and oxygen atoms in total. The summed E-state index contributed by atoms with van der Waals surface area (Å²) in [4.78, 5) is 0. The van der Waals surface area contributed by atoms with Crippen LogP contribution in [-0.2, 0) is 6.42 Å². The van der Waals surface area contributed by atoms with Crippen LogP contribution in [0.1, 0.15) is 19.4 Å². The van der Waals surface area contributed by atoms with Crippen molar-refractivity contribution in [1.29, 1.82) is 0 Å². The van der Waals surface area contributed by atoms with Crippen LogP contribution in [0, 0.1) is 5.82 Å². The van der Waals surface area contributed by atoms with Gasteiger partial charge in [-0.05, 0) is 31.2 Å². The van der Waals surface area contributed by atoms with E-state index < -0.39 is 0 Å². The van der Waals surface area contributed by atoms with Gasteiger partial charge in [-0.2, -0.15) is 23.5 Å². The monoisotopic (exact) mass is 333 g/mol. The predicted octanol–water partition coefficient (Wildman–Crippen LogP) is 4.24. The molecular formula is C15H21ClFNS2. The summed E-state index contributed by atoms with van der Waals surface area (Å²) >= 11 is 10.2. The van der Waals surface area contributed by atoms with Crippen LogP contribution >= 0.6 is 35.1 Å². The number of benzene rings is 1. The Labute approximate surface area is 134 Å². The quantitative estimate of drug-likeness (QED) is 0.885. The Hall–Kier alpha value is 0.1000. The normalized spacial score (nSPS) is 28.4. The molecule has 0 amide bonds. The van der Waals surface area contributed by atoms with Crippen molar-refractivity contribution >= 4 is 35.1 Å². The largest absolute Gasteiger partial charge is 0.316 e. The van der Waals surface area contributed by atoms with Crippen LogP contribution in [0.4, 0.5) is 4.39 Å². The van der Waals surface area contributed by atoms with Gasteiger partial charge in [-0.3, -0.25) is 0 Å². The summed E-state index contributed by atoms with van der Waals surface area (Å²) in [6, 6.07) is 5.05. The standard InChI is InChI=1S/C15H21ClFNS2/c1-9-10(2)20-15(8-19-9)14(18-3)6-11-4-5-12(17)7-13(11)16/h4-5,7,9-10,14-15,18H,6,8H2,1-3H3. The summed E-state index contributed by atoms with van der Waals surface area (Å²) in [6.07, 6.45) is 0.842. The third kappa shape index (κ3) is 4.06. The van der Waals surface area contributed by atoms with Crippen LogP contribution in [0.15, 0.2) is 18.2 Å². The molecule has 1 aromatic rings. The van der Waals surface area contributed by atoms with Gasteiger partial charge in [-0.25, -0.2) is 4.39 Å². The number of hydrogen-bond donors (Lipinski definition) is 1. The maximum Gasteiger partial charge on any atom is 0.124 e. The molecule has 0 aliphatic carbocycles. The van der Waals surface area contributed by atoms with E-state index in [9.17, 15) is 4.39 Å². The third-order valence-corrected chi connectivity index (χ3v) is 7.75. The molecule has 1 saturated heterocycles. The molecule has 20 heavy (non-hydrogen) atoms. The lowest BCUT2D eigenvalue weighted by Crippen LogP contribution is -2.43. The molecule has 1 fully saturated rings. The average molecular weight is 334 g/mol. The van der Waals surface area contributed by atoms with Crippen molar-refractivity contribution in [2.45, 2.75) is 42.1 Å². The van der Waals surface area contributed by atoms with E-state index in [0.29, 0.717) is 26.8 Å². The lowest BCUT2D eigenvalue weighted by Gasteiger charge is -2.36. The highest BCUT2D eigenvalue weighted by Gasteiger charge is 2.30. The summed E-state index contributed by atoms with van der Waals surface area (Å²) in [6.45, 7) is 4.59. The number of halogens is 2. The van der Waals surface area contributed by atoms with Crippen LogP contribution in [0.25, 0.3) is 0 Å². The maximum absolute atomic E-state index is 13.1. The van der Waals surface area contributed by atoms with Crippen LogP contribution < -0.4 is 5.32 Å². The van der Waals surface area contributed by atoms with Crippen LogP contribution in [0.2, 0.25) is 5.02 Å². The van der Waals surface area contributed by atoms with E-state index in [2.05, 4.69) is 30.9 Å². The molecule has 0 aromatic heterocycles. The Bertz CT molecular complexity index is 457. The van der Waals surface area contributed by atoms with Gasteiger partial charge in [0, 0.05) is 32.6 Å². The van der Waals surface area contributed by atoms with E-state index in [1.54, 1.807) is 6.07 Å². The van der Waals surface area contributed by atoms with E-state index in [1.165, 1.54) is 12.1 Å². The Morgan fingerprint density at radius 2 is 2.15 bits per heavy atom. The first-order valence-electron chi connectivity index (χ1n) is 6.89. The van der Waals surface area contributed by atoms with Crippen LogP contribution in [-0.4, -0.2) is 34.6 Å². The summed E-state index contributed by atoms with van der Waals surface area (Å²) in [5, 5.41) is 5.88. The molecule has 4 atom stereocenters. The smallest absolute Gasteiger partial charge is 0.124 e. The molecule has 1 N–H and O–H groups in total. The first-order chi connectivity index (χ1) is 9.51. The fourth-order valence-electron chi connectivity index (χ4n) is 2.36. The molecule has 5 heteroatoms. The van der Waals surface area contributed by atoms with Gasteiger partial charge >= 0.3 is 0 Å². The number of likely N-dealkylation sites (N-methyl/N-ethyl adjacent to an activating group) is 1.